The van der Waals surface area contributed by atoms with Gasteiger partial charge < -0.3 is 14.4 Å². The Morgan fingerprint density at radius 2 is 1.83 bits per heavy atom. The number of nitrogens with one attached hydrogen (secondary N) is 1. The van der Waals surface area contributed by atoms with Gasteiger partial charge in [0, 0.05) is 30.3 Å². The van der Waals surface area contributed by atoms with Gasteiger partial charge in [-0.25, -0.2) is 5.48 Å². The Morgan fingerprint density at radius 1 is 1.10 bits per heavy atom. The molecule has 4 rings (SSSR count). The van der Waals surface area contributed by atoms with Crippen LogP contribution < -0.4 is 10.2 Å². The van der Waals surface area contributed by atoms with Gasteiger partial charge in [-0.05, 0) is 37.5 Å². The van der Waals surface area contributed by atoms with Crippen LogP contribution in [-0.2, 0) is 16.1 Å². The number of amides is 2. The Morgan fingerprint density at radius 3 is 2.53 bits per heavy atom. The van der Waals surface area contributed by atoms with Crippen molar-refractivity contribution in [1.82, 2.24) is 10.4 Å². The summed E-state index contributed by atoms with van der Waals surface area (Å²) in [5, 5.41) is 8.92. The first-order chi connectivity index (χ1) is 14.6. The Labute approximate surface area is 175 Å². The summed E-state index contributed by atoms with van der Waals surface area (Å²) >= 11 is 0. The fourth-order valence-corrected chi connectivity index (χ4v) is 4.05. The average Bonchev–Trinajstić information content (AvgIpc) is 2.98. The molecule has 1 atom stereocenters. The van der Waals surface area contributed by atoms with Crippen molar-refractivity contribution in [1.29, 1.82) is 0 Å². The molecule has 158 valence electrons. The summed E-state index contributed by atoms with van der Waals surface area (Å²) in [6.07, 6.45) is 1.44. The lowest BCUT2D eigenvalue weighted by Gasteiger charge is -2.34. The minimum Gasteiger partial charge on any atom is -0.491 e. The van der Waals surface area contributed by atoms with E-state index in [-0.39, 0.29) is 24.5 Å². The topological polar surface area (TPSA) is 88.1 Å². The largest absolute Gasteiger partial charge is 0.491 e. The number of carbonyl (C=O) groups is 2. The Balaban J connectivity index is 1.68. The second-order valence-electron chi connectivity index (χ2n) is 7.85. The molecule has 2 heterocycles. The number of carbonyl (C=O) groups excluding carboxylic acids is 2. The van der Waals surface area contributed by atoms with Crippen LogP contribution in [0.4, 0.5) is 0 Å². The van der Waals surface area contributed by atoms with Crippen molar-refractivity contribution in [3.63, 3.8) is 0 Å². The Kier molecular flexibility index (Phi) is 6.01. The lowest BCUT2D eigenvalue weighted by atomic mass is 9.95. The van der Waals surface area contributed by atoms with Crippen LogP contribution in [0.3, 0.4) is 0 Å². The molecule has 1 fully saturated rings. The normalized spacial score (nSPS) is 19.4. The van der Waals surface area contributed by atoms with Gasteiger partial charge >= 0.3 is 0 Å². The zero-order valence-electron chi connectivity index (χ0n) is 17.0. The summed E-state index contributed by atoms with van der Waals surface area (Å²) in [4.78, 5) is 27.2. The molecule has 2 aliphatic rings. The molecule has 1 saturated heterocycles. The maximum Gasteiger partial charge on any atom is 0.274 e. The number of aryl methyl sites for hydroxylation is 1. The van der Waals surface area contributed by atoms with Crippen LogP contribution >= 0.6 is 0 Å². The van der Waals surface area contributed by atoms with E-state index in [4.69, 9.17) is 14.7 Å². The molecule has 2 N–H and O–H groups in total. The lowest BCUT2D eigenvalue weighted by Crippen LogP contribution is -2.41. The Hall–Kier alpha value is -2.90. The van der Waals surface area contributed by atoms with Crippen molar-refractivity contribution in [2.24, 2.45) is 5.92 Å². The van der Waals surface area contributed by atoms with Crippen molar-refractivity contribution in [3.8, 4) is 5.75 Å². The molecule has 0 unspecified atom stereocenters. The van der Waals surface area contributed by atoms with Gasteiger partial charge in [-0.1, -0.05) is 35.9 Å². The molecular formula is C23H26N2O5. The summed E-state index contributed by atoms with van der Waals surface area (Å²) < 4.78 is 11.5. The highest BCUT2D eigenvalue weighted by atomic mass is 16.5. The molecule has 2 aromatic rings. The number of hydrogen-bond donors (Lipinski definition) is 2. The first-order valence-electron chi connectivity index (χ1n) is 10.2. The van der Waals surface area contributed by atoms with Crippen molar-refractivity contribution in [2.45, 2.75) is 32.4 Å². The predicted molar refractivity (Wildman–Crippen MR) is 109 cm³/mol. The zero-order chi connectivity index (χ0) is 21.1. The monoisotopic (exact) mass is 410 g/mol. The second-order valence-corrected chi connectivity index (χ2v) is 7.85. The lowest BCUT2D eigenvalue weighted by molar-refractivity contribution is -0.142. The van der Waals surface area contributed by atoms with Gasteiger partial charge in [0.25, 0.3) is 5.91 Å². The van der Waals surface area contributed by atoms with Crippen LogP contribution in [0.5, 0.6) is 5.75 Å². The highest BCUT2D eigenvalue weighted by Crippen LogP contribution is 2.34. The molecule has 2 amide bonds. The standard InChI is InChI=1S/C23H26N2O5/c1-15-2-4-16(5-3-15)20-14-30-21-12-18(22(26)24-28)6-7-19(21)13-25(20)23(27)17-8-10-29-11-9-17/h2-7,12,17,20,28H,8-11,13-14H2,1H3,(H,24,26)/t20-/m1/s1. The van der Waals surface area contributed by atoms with Crippen LogP contribution in [0.2, 0.25) is 0 Å². The van der Waals surface area contributed by atoms with Crippen molar-refractivity contribution in [2.75, 3.05) is 19.8 Å². The number of fused-ring (bicyclic) bond motifs is 1. The molecule has 0 spiro atoms. The average molecular weight is 410 g/mol. The highest BCUT2D eigenvalue weighted by Gasteiger charge is 2.34. The first kappa shape index (κ1) is 20.4. The summed E-state index contributed by atoms with van der Waals surface area (Å²) in [6, 6.07) is 12.9. The van der Waals surface area contributed by atoms with Gasteiger partial charge in [-0.3, -0.25) is 14.8 Å². The van der Waals surface area contributed by atoms with E-state index in [0.717, 1.165) is 29.5 Å². The third kappa shape index (κ3) is 4.17. The number of rotatable bonds is 3. The van der Waals surface area contributed by atoms with Gasteiger partial charge in [0.05, 0.1) is 12.6 Å². The van der Waals surface area contributed by atoms with E-state index in [1.165, 1.54) is 0 Å². The summed E-state index contributed by atoms with van der Waals surface area (Å²) in [6.45, 7) is 3.92. The number of ether oxygens (including phenoxy) is 2. The van der Waals surface area contributed by atoms with E-state index in [1.54, 1.807) is 23.7 Å². The van der Waals surface area contributed by atoms with Crippen LogP contribution in [-0.4, -0.2) is 41.7 Å². The van der Waals surface area contributed by atoms with E-state index < -0.39 is 5.91 Å². The molecule has 0 aliphatic carbocycles. The first-order valence-corrected chi connectivity index (χ1v) is 10.2. The van der Waals surface area contributed by atoms with E-state index in [1.807, 2.05) is 36.1 Å². The van der Waals surface area contributed by atoms with Gasteiger partial charge in [-0.15, -0.1) is 0 Å². The molecule has 7 heteroatoms. The van der Waals surface area contributed by atoms with Crippen LogP contribution in [0, 0.1) is 12.8 Å². The SMILES string of the molecule is Cc1ccc([C@H]2COc3cc(C(=O)NO)ccc3CN2C(=O)C2CCOCC2)cc1. The predicted octanol–water partition coefficient (Wildman–Crippen LogP) is 3.00. The van der Waals surface area contributed by atoms with Crippen LogP contribution in [0.1, 0.15) is 45.9 Å². The number of nitrogens with zero attached hydrogens (tertiary/aromatic N) is 1. The van der Waals surface area contributed by atoms with Crippen LogP contribution in [0.15, 0.2) is 42.5 Å². The fourth-order valence-electron chi connectivity index (χ4n) is 4.05. The number of hydroxylamine groups is 1. The molecule has 0 aromatic heterocycles. The molecule has 0 bridgehead atoms. The third-order valence-corrected chi connectivity index (χ3v) is 5.86. The maximum absolute atomic E-state index is 13.5. The van der Waals surface area contributed by atoms with E-state index >= 15 is 0 Å². The maximum atomic E-state index is 13.5. The molecule has 0 radical (unpaired) electrons. The zero-order valence-corrected chi connectivity index (χ0v) is 17.0. The molecule has 0 saturated carbocycles. The molecule has 7 nitrogen and oxygen atoms in total. The third-order valence-electron chi connectivity index (χ3n) is 5.86. The minimum atomic E-state index is -0.601. The van der Waals surface area contributed by atoms with Gasteiger partial charge in [0.15, 0.2) is 0 Å². The molecule has 2 aliphatic heterocycles. The van der Waals surface area contributed by atoms with Gasteiger partial charge in [0.1, 0.15) is 12.4 Å². The number of hydrogen-bond acceptors (Lipinski definition) is 5. The highest BCUT2D eigenvalue weighted by molar-refractivity contribution is 5.93. The van der Waals surface area contributed by atoms with Gasteiger partial charge in [-0.2, -0.15) is 0 Å². The summed E-state index contributed by atoms with van der Waals surface area (Å²) in [5.41, 5.74) is 4.94. The van der Waals surface area contributed by atoms with E-state index in [0.29, 0.717) is 31.1 Å². The van der Waals surface area contributed by atoms with Crippen molar-refractivity contribution < 1.29 is 24.3 Å². The quantitative estimate of drug-likeness (QED) is 0.600. The van der Waals surface area contributed by atoms with E-state index in [9.17, 15) is 9.59 Å². The fraction of sp³-hybridized carbons (Fsp3) is 0.391. The molecule has 2 aromatic carbocycles. The van der Waals surface area contributed by atoms with Crippen molar-refractivity contribution in [3.05, 3.63) is 64.7 Å². The molecule has 30 heavy (non-hydrogen) atoms. The van der Waals surface area contributed by atoms with Crippen LogP contribution in [0.25, 0.3) is 0 Å². The number of benzene rings is 2. The second kappa shape index (κ2) is 8.85. The van der Waals surface area contributed by atoms with Crippen molar-refractivity contribution >= 4 is 11.8 Å². The minimum absolute atomic E-state index is 0.0623. The Bertz CT molecular complexity index is 922. The summed E-state index contributed by atoms with van der Waals surface area (Å²) in [7, 11) is 0. The van der Waals surface area contributed by atoms with Gasteiger partial charge in [0.2, 0.25) is 5.91 Å². The molecular weight excluding hydrogens is 384 g/mol. The van der Waals surface area contributed by atoms with E-state index in [2.05, 4.69) is 0 Å². The summed E-state index contributed by atoms with van der Waals surface area (Å²) in [5.74, 6) is -0.00319. The smallest absolute Gasteiger partial charge is 0.274 e.